The zero-order chi connectivity index (χ0) is 24.5. The number of carbonyl (C=O) groups is 1. The van der Waals surface area contributed by atoms with E-state index in [1.165, 1.54) is 0 Å². The highest BCUT2D eigenvalue weighted by Crippen LogP contribution is 2.52. The molecule has 1 aliphatic carbocycles. The van der Waals surface area contributed by atoms with Crippen molar-refractivity contribution in [1.82, 2.24) is 4.98 Å². The monoisotopic (exact) mass is 472 g/mol. The lowest BCUT2D eigenvalue weighted by atomic mass is 9.72. The van der Waals surface area contributed by atoms with Gasteiger partial charge < -0.3 is 24.3 Å². The van der Waals surface area contributed by atoms with Gasteiger partial charge in [0.2, 0.25) is 0 Å². The van der Waals surface area contributed by atoms with Crippen molar-refractivity contribution in [3.8, 4) is 23.0 Å². The van der Waals surface area contributed by atoms with Crippen LogP contribution in [0.4, 0.5) is 5.69 Å². The van der Waals surface area contributed by atoms with Crippen molar-refractivity contribution in [1.29, 1.82) is 0 Å². The average Bonchev–Trinajstić information content (AvgIpc) is 2.91. The minimum atomic E-state index is -0.283. The van der Waals surface area contributed by atoms with Crippen LogP contribution in [-0.2, 0) is 4.79 Å². The first-order valence-corrected chi connectivity index (χ1v) is 11.5. The largest absolute Gasteiger partial charge is 0.497 e. The third kappa shape index (κ3) is 3.97. The molecule has 0 saturated heterocycles. The van der Waals surface area contributed by atoms with Crippen molar-refractivity contribution in [2.75, 3.05) is 33.8 Å². The smallest absolute Gasteiger partial charge is 0.162 e. The molecule has 7 heteroatoms. The number of benzene rings is 2. The van der Waals surface area contributed by atoms with Gasteiger partial charge in [-0.25, -0.2) is 0 Å². The molecule has 2 aromatic carbocycles. The molecule has 0 saturated carbocycles. The van der Waals surface area contributed by atoms with Crippen molar-refractivity contribution < 1.29 is 23.7 Å². The number of anilines is 1. The number of fused-ring (bicyclic) bond motifs is 1. The standard InChI is InChI=1S/C28H28N2O5/c1-32-19-13-21-28(25(14-19)35-4)26(17-6-5-9-29-15-17)27-20(30-21)10-18(11-22(27)31)16-7-8-23(33-2)24(12-16)34-3/h5-9,12-15,18,26,30H,10-11H2,1-4H3/t18-,26+/m1/s1. The number of nitrogens with one attached hydrogen (secondary N) is 1. The number of ether oxygens (including phenoxy) is 4. The van der Waals surface area contributed by atoms with Gasteiger partial charge in [0.05, 0.1) is 28.4 Å². The summed E-state index contributed by atoms with van der Waals surface area (Å²) in [6, 6.07) is 13.6. The Labute approximate surface area is 204 Å². The van der Waals surface area contributed by atoms with Gasteiger partial charge in [-0.15, -0.1) is 0 Å². The predicted molar refractivity (Wildman–Crippen MR) is 133 cm³/mol. The maximum absolute atomic E-state index is 13.8. The highest BCUT2D eigenvalue weighted by molar-refractivity contribution is 6.02. The number of methoxy groups -OCH3 is 4. The SMILES string of the molecule is COc1cc2c(c(OC)c1)[C@@H](c1cccnc1)C1=C(C[C@@H](c3ccc(OC)c(OC)c3)CC1=O)N2. The highest BCUT2D eigenvalue weighted by atomic mass is 16.5. The van der Waals surface area contributed by atoms with E-state index < -0.39 is 0 Å². The molecular formula is C28H28N2O5. The third-order valence-corrected chi connectivity index (χ3v) is 6.84. The number of hydrogen-bond acceptors (Lipinski definition) is 7. The molecule has 1 aromatic heterocycles. The first-order chi connectivity index (χ1) is 17.1. The Bertz CT molecular complexity index is 1300. The number of hydrogen-bond donors (Lipinski definition) is 1. The van der Waals surface area contributed by atoms with Crippen molar-refractivity contribution in [3.63, 3.8) is 0 Å². The minimum Gasteiger partial charge on any atom is -0.497 e. The molecule has 0 spiro atoms. The van der Waals surface area contributed by atoms with Crippen LogP contribution in [0.5, 0.6) is 23.0 Å². The quantitative estimate of drug-likeness (QED) is 0.536. The lowest BCUT2D eigenvalue weighted by Crippen LogP contribution is -2.30. The van der Waals surface area contributed by atoms with Gasteiger partial charge in [-0.3, -0.25) is 9.78 Å². The molecule has 35 heavy (non-hydrogen) atoms. The Morgan fingerprint density at radius 3 is 2.34 bits per heavy atom. The van der Waals surface area contributed by atoms with Crippen LogP contribution in [0.25, 0.3) is 0 Å². The fraction of sp³-hybridized carbons (Fsp3) is 0.286. The molecule has 0 unspecified atom stereocenters. The Morgan fingerprint density at radius 2 is 1.66 bits per heavy atom. The first kappa shape index (κ1) is 22.8. The lowest BCUT2D eigenvalue weighted by molar-refractivity contribution is -0.116. The van der Waals surface area contributed by atoms with E-state index in [1.54, 1.807) is 34.6 Å². The zero-order valence-electron chi connectivity index (χ0n) is 20.3. The average molecular weight is 473 g/mol. The van der Waals surface area contributed by atoms with Gasteiger partial charge in [0, 0.05) is 59.4 Å². The first-order valence-electron chi connectivity index (χ1n) is 11.5. The van der Waals surface area contributed by atoms with E-state index in [0.29, 0.717) is 35.8 Å². The second kappa shape index (κ2) is 9.33. The Morgan fingerprint density at radius 1 is 0.857 bits per heavy atom. The van der Waals surface area contributed by atoms with E-state index in [2.05, 4.69) is 10.3 Å². The molecule has 0 fully saturated rings. The number of ketones is 1. The normalized spacial score (nSPS) is 18.8. The van der Waals surface area contributed by atoms with Crippen LogP contribution in [0.3, 0.4) is 0 Å². The van der Waals surface area contributed by atoms with Gasteiger partial charge >= 0.3 is 0 Å². The van der Waals surface area contributed by atoms with Gasteiger partial charge in [0.1, 0.15) is 11.5 Å². The molecule has 180 valence electrons. The summed E-state index contributed by atoms with van der Waals surface area (Å²) in [6.07, 6.45) is 4.65. The number of pyridine rings is 1. The summed E-state index contributed by atoms with van der Waals surface area (Å²) in [6.45, 7) is 0. The van der Waals surface area contributed by atoms with E-state index in [-0.39, 0.29) is 17.6 Å². The fourth-order valence-electron chi connectivity index (χ4n) is 5.20. The topological polar surface area (TPSA) is 78.9 Å². The van der Waals surface area contributed by atoms with Crippen LogP contribution in [-0.4, -0.2) is 39.2 Å². The van der Waals surface area contributed by atoms with Crippen LogP contribution in [0, 0.1) is 0 Å². The van der Waals surface area contributed by atoms with Crippen LogP contribution < -0.4 is 24.3 Å². The maximum Gasteiger partial charge on any atom is 0.162 e. The van der Waals surface area contributed by atoms with Crippen LogP contribution in [0.1, 0.15) is 41.4 Å². The van der Waals surface area contributed by atoms with Crippen molar-refractivity contribution in [2.24, 2.45) is 0 Å². The van der Waals surface area contributed by atoms with Gasteiger partial charge in [-0.2, -0.15) is 0 Å². The predicted octanol–water partition coefficient (Wildman–Crippen LogP) is 5.07. The van der Waals surface area contributed by atoms with E-state index >= 15 is 0 Å². The molecule has 2 heterocycles. The number of rotatable bonds is 6. The highest BCUT2D eigenvalue weighted by Gasteiger charge is 2.40. The Balaban J connectivity index is 1.63. The number of Topliss-reactive ketones (excluding diaryl/α,β-unsaturated/α-hetero) is 1. The van der Waals surface area contributed by atoms with Crippen molar-refractivity contribution in [2.45, 2.75) is 24.7 Å². The molecule has 5 rings (SSSR count). The molecule has 2 atom stereocenters. The molecule has 0 bridgehead atoms. The van der Waals surface area contributed by atoms with Gasteiger partial charge in [-0.1, -0.05) is 12.1 Å². The molecule has 0 radical (unpaired) electrons. The molecule has 1 N–H and O–H groups in total. The van der Waals surface area contributed by atoms with E-state index in [4.69, 9.17) is 18.9 Å². The van der Waals surface area contributed by atoms with E-state index in [9.17, 15) is 4.79 Å². The molecule has 3 aromatic rings. The third-order valence-electron chi connectivity index (χ3n) is 6.84. The summed E-state index contributed by atoms with van der Waals surface area (Å²) in [5, 5.41) is 3.55. The molecule has 7 nitrogen and oxygen atoms in total. The van der Waals surface area contributed by atoms with Gasteiger partial charge in [0.25, 0.3) is 0 Å². The van der Waals surface area contributed by atoms with Crippen LogP contribution >= 0.6 is 0 Å². The molecular weight excluding hydrogens is 444 g/mol. The Kier molecular flexibility index (Phi) is 6.07. The lowest BCUT2D eigenvalue weighted by Gasteiger charge is -2.37. The zero-order valence-corrected chi connectivity index (χ0v) is 20.3. The second-order valence-corrected chi connectivity index (χ2v) is 8.67. The van der Waals surface area contributed by atoms with E-state index in [0.717, 1.165) is 33.6 Å². The molecule has 2 aliphatic rings. The van der Waals surface area contributed by atoms with Crippen molar-refractivity contribution in [3.05, 3.63) is 82.8 Å². The summed E-state index contributed by atoms with van der Waals surface area (Å²) in [7, 11) is 6.50. The summed E-state index contributed by atoms with van der Waals surface area (Å²) in [5.41, 5.74) is 5.45. The number of aromatic nitrogens is 1. The van der Waals surface area contributed by atoms with Gasteiger partial charge in [-0.05, 0) is 41.7 Å². The molecule has 0 amide bonds. The van der Waals surface area contributed by atoms with Crippen LogP contribution in [0.15, 0.2) is 66.1 Å². The number of carbonyl (C=O) groups excluding carboxylic acids is 1. The Hall–Kier alpha value is -4.00. The van der Waals surface area contributed by atoms with Crippen molar-refractivity contribution >= 4 is 11.5 Å². The minimum absolute atomic E-state index is 0.0113. The summed E-state index contributed by atoms with van der Waals surface area (Å²) in [5.74, 6) is 2.51. The summed E-state index contributed by atoms with van der Waals surface area (Å²) >= 11 is 0. The van der Waals surface area contributed by atoms with Crippen LogP contribution in [0.2, 0.25) is 0 Å². The fourth-order valence-corrected chi connectivity index (χ4v) is 5.20. The number of nitrogens with zero attached hydrogens (tertiary/aromatic N) is 1. The maximum atomic E-state index is 13.8. The van der Waals surface area contributed by atoms with Gasteiger partial charge in [0.15, 0.2) is 17.3 Å². The van der Waals surface area contributed by atoms with E-state index in [1.807, 2.05) is 48.7 Å². The summed E-state index contributed by atoms with van der Waals surface area (Å²) in [4.78, 5) is 18.1. The molecule has 1 aliphatic heterocycles. The summed E-state index contributed by atoms with van der Waals surface area (Å²) < 4.78 is 22.2. The number of allylic oxidation sites excluding steroid dienone is 2. The second-order valence-electron chi connectivity index (χ2n) is 8.67.